The highest BCUT2D eigenvalue weighted by Gasteiger charge is 2.21. The molecule has 0 bridgehead atoms. The summed E-state index contributed by atoms with van der Waals surface area (Å²) in [5, 5.41) is 2.49. The SMILES string of the molecule is COC(=O)c1cnc(/C=C/c2csc(N(C(C)=O)c3ccc(F)cc3F)n2)s1. The van der Waals surface area contributed by atoms with Gasteiger partial charge in [0.25, 0.3) is 0 Å². The summed E-state index contributed by atoms with van der Waals surface area (Å²) in [6.45, 7) is 1.27. The van der Waals surface area contributed by atoms with Crippen LogP contribution in [0.4, 0.5) is 19.6 Å². The van der Waals surface area contributed by atoms with Gasteiger partial charge in [0.05, 0.1) is 24.7 Å². The number of carbonyl (C=O) groups excluding carboxylic acids is 2. The number of thiazole rings is 2. The van der Waals surface area contributed by atoms with E-state index in [9.17, 15) is 18.4 Å². The zero-order chi connectivity index (χ0) is 20.3. The fraction of sp³-hybridized carbons (Fsp3) is 0.111. The Kier molecular flexibility index (Phi) is 5.90. The number of amides is 1. The van der Waals surface area contributed by atoms with Crippen molar-refractivity contribution in [3.05, 3.63) is 57.0 Å². The fourth-order valence-electron chi connectivity index (χ4n) is 2.24. The molecule has 3 aromatic rings. The van der Waals surface area contributed by atoms with Gasteiger partial charge in [0.15, 0.2) is 5.13 Å². The van der Waals surface area contributed by atoms with Crippen LogP contribution in [0.25, 0.3) is 12.2 Å². The highest BCUT2D eigenvalue weighted by atomic mass is 32.1. The van der Waals surface area contributed by atoms with Crippen LogP contribution in [0.5, 0.6) is 0 Å². The molecular weight excluding hydrogens is 408 g/mol. The number of carbonyl (C=O) groups is 2. The number of halogens is 2. The summed E-state index contributed by atoms with van der Waals surface area (Å²) >= 11 is 2.29. The summed E-state index contributed by atoms with van der Waals surface area (Å²) in [5.74, 6) is -2.52. The summed E-state index contributed by atoms with van der Waals surface area (Å²) in [5.41, 5.74) is 0.435. The average molecular weight is 421 g/mol. The van der Waals surface area contributed by atoms with Crippen LogP contribution in [-0.4, -0.2) is 29.0 Å². The highest BCUT2D eigenvalue weighted by molar-refractivity contribution is 7.14. The quantitative estimate of drug-likeness (QED) is 0.567. The van der Waals surface area contributed by atoms with Gasteiger partial charge in [-0.05, 0) is 24.3 Å². The molecule has 28 heavy (non-hydrogen) atoms. The lowest BCUT2D eigenvalue weighted by molar-refractivity contribution is -0.115. The number of aromatic nitrogens is 2. The predicted octanol–water partition coefficient (Wildman–Crippen LogP) is 4.52. The number of nitrogens with zero attached hydrogens (tertiary/aromatic N) is 3. The van der Waals surface area contributed by atoms with Crippen LogP contribution < -0.4 is 4.90 Å². The van der Waals surface area contributed by atoms with Crippen LogP contribution >= 0.6 is 22.7 Å². The van der Waals surface area contributed by atoms with Gasteiger partial charge in [-0.1, -0.05) is 0 Å². The first-order valence-electron chi connectivity index (χ1n) is 7.82. The molecule has 0 spiro atoms. The second-order valence-electron chi connectivity index (χ2n) is 5.39. The van der Waals surface area contributed by atoms with Crippen LogP contribution in [0.2, 0.25) is 0 Å². The van der Waals surface area contributed by atoms with Gasteiger partial charge in [0.1, 0.15) is 21.5 Å². The van der Waals surface area contributed by atoms with Crippen molar-refractivity contribution in [1.82, 2.24) is 9.97 Å². The molecule has 2 aromatic heterocycles. The van der Waals surface area contributed by atoms with Crippen molar-refractivity contribution in [1.29, 1.82) is 0 Å². The number of methoxy groups -OCH3 is 1. The topological polar surface area (TPSA) is 72.4 Å². The van der Waals surface area contributed by atoms with Crippen molar-refractivity contribution < 1.29 is 23.1 Å². The van der Waals surface area contributed by atoms with Crippen molar-refractivity contribution in [3.63, 3.8) is 0 Å². The van der Waals surface area contributed by atoms with Gasteiger partial charge < -0.3 is 4.74 Å². The van der Waals surface area contributed by atoms with Crippen molar-refractivity contribution in [2.24, 2.45) is 0 Å². The van der Waals surface area contributed by atoms with Crippen LogP contribution in [0, 0.1) is 11.6 Å². The Balaban J connectivity index is 1.84. The zero-order valence-electron chi connectivity index (χ0n) is 14.7. The largest absolute Gasteiger partial charge is 0.465 e. The van der Waals surface area contributed by atoms with E-state index in [1.807, 2.05) is 0 Å². The van der Waals surface area contributed by atoms with Crippen LogP contribution in [-0.2, 0) is 9.53 Å². The molecule has 0 aliphatic carbocycles. The molecule has 0 atom stereocenters. The van der Waals surface area contributed by atoms with E-state index in [2.05, 4.69) is 14.7 Å². The number of rotatable bonds is 5. The number of ether oxygens (including phenoxy) is 1. The minimum atomic E-state index is -0.861. The molecule has 0 unspecified atom stereocenters. The Labute approximate surface area is 166 Å². The minimum Gasteiger partial charge on any atom is -0.465 e. The highest BCUT2D eigenvalue weighted by Crippen LogP contribution is 2.31. The lowest BCUT2D eigenvalue weighted by Crippen LogP contribution is -2.23. The number of esters is 1. The third-order valence-electron chi connectivity index (χ3n) is 3.47. The first-order chi connectivity index (χ1) is 13.4. The molecule has 1 aromatic carbocycles. The Morgan fingerprint density at radius 2 is 2.04 bits per heavy atom. The molecule has 6 nitrogen and oxygen atoms in total. The Morgan fingerprint density at radius 3 is 2.71 bits per heavy atom. The molecule has 0 saturated heterocycles. The molecule has 0 radical (unpaired) electrons. The molecule has 3 rings (SSSR count). The summed E-state index contributed by atoms with van der Waals surface area (Å²) in [7, 11) is 1.29. The maximum atomic E-state index is 14.1. The molecule has 0 saturated carbocycles. The standard InChI is InChI=1S/C18H13F2N3O3S2/c1-10(24)23(14-5-3-11(19)7-13(14)20)18-22-12(9-27-18)4-6-16-21-8-15(28-16)17(25)26-2/h3-9H,1-2H3/b6-4+. The lowest BCUT2D eigenvalue weighted by atomic mass is 10.2. The zero-order valence-corrected chi connectivity index (χ0v) is 16.3. The van der Waals surface area contributed by atoms with E-state index in [-0.39, 0.29) is 10.8 Å². The van der Waals surface area contributed by atoms with E-state index >= 15 is 0 Å². The summed E-state index contributed by atoms with van der Waals surface area (Å²) in [6.07, 6.45) is 4.73. The van der Waals surface area contributed by atoms with Crippen molar-refractivity contribution in [2.45, 2.75) is 6.92 Å². The van der Waals surface area contributed by atoms with Crippen LogP contribution in [0.3, 0.4) is 0 Å². The third-order valence-corrected chi connectivity index (χ3v) is 5.26. The fourth-order valence-corrected chi connectivity index (χ4v) is 3.83. The Morgan fingerprint density at radius 1 is 1.25 bits per heavy atom. The van der Waals surface area contributed by atoms with E-state index in [1.54, 1.807) is 17.5 Å². The van der Waals surface area contributed by atoms with E-state index in [0.29, 0.717) is 21.6 Å². The first-order valence-corrected chi connectivity index (χ1v) is 9.52. The van der Waals surface area contributed by atoms with E-state index in [1.165, 1.54) is 26.3 Å². The molecule has 1 amide bonds. The van der Waals surface area contributed by atoms with Gasteiger partial charge in [0.2, 0.25) is 5.91 Å². The molecular formula is C18H13F2N3O3S2. The van der Waals surface area contributed by atoms with Gasteiger partial charge in [-0.25, -0.2) is 23.5 Å². The molecule has 10 heteroatoms. The van der Waals surface area contributed by atoms with Crippen LogP contribution in [0.1, 0.15) is 27.3 Å². The summed E-state index contributed by atoms with van der Waals surface area (Å²) < 4.78 is 31.9. The normalized spacial score (nSPS) is 11.0. The Hall–Kier alpha value is -2.98. The van der Waals surface area contributed by atoms with Gasteiger partial charge in [-0.2, -0.15) is 0 Å². The maximum absolute atomic E-state index is 14.1. The first kappa shape index (κ1) is 19.8. The predicted molar refractivity (Wildman–Crippen MR) is 104 cm³/mol. The molecule has 2 heterocycles. The number of anilines is 2. The van der Waals surface area contributed by atoms with Gasteiger partial charge >= 0.3 is 5.97 Å². The smallest absolute Gasteiger partial charge is 0.349 e. The third kappa shape index (κ3) is 4.29. The lowest BCUT2D eigenvalue weighted by Gasteiger charge is -2.18. The minimum absolute atomic E-state index is 0.0820. The van der Waals surface area contributed by atoms with Crippen molar-refractivity contribution >= 4 is 57.5 Å². The van der Waals surface area contributed by atoms with Crippen LogP contribution in [0.15, 0.2) is 29.8 Å². The number of hydrogen-bond donors (Lipinski definition) is 0. The van der Waals surface area contributed by atoms with Crippen molar-refractivity contribution in [2.75, 3.05) is 12.0 Å². The maximum Gasteiger partial charge on any atom is 0.349 e. The van der Waals surface area contributed by atoms with E-state index < -0.39 is 23.5 Å². The average Bonchev–Trinajstić information content (AvgIpc) is 3.31. The molecule has 0 aliphatic heterocycles. The molecule has 0 aliphatic rings. The van der Waals surface area contributed by atoms with Gasteiger partial charge in [-0.3, -0.25) is 9.69 Å². The summed E-state index contributed by atoms with van der Waals surface area (Å²) in [4.78, 5) is 33.3. The second-order valence-corrected chi connectivity index (χ2v) is 7.29. The molecule has 0 fully saturated rings. The Bertz CT molecular complexity index is 1060. The number of benzene rings is 1. The van der Waals surface area contributed by atoms with Gasteiger partial charge in [0, 0.05) is 18.4 Å². The van der Waals surface area contributed by atoms with E-state index in [0.717, 1.165) is 33.6 Å². The molecule has 0 N–H and O–H groups in total. The summed E-state index contributed by atoms with van der Waals surface area (Å²) in [6, 6.07) is 2.97. The second kappa shape index (κ2) is 8.36. The molecule has 144 valence electrons. The number of hydrogen-bond acceptors (Lipinski definition) is 7. The van der Waals surface area contributed by atoms with Gasteiger partial charge in [-0.15, -0.1) is 22.7 Å². The van der Waals surface area contributed by atoms with E-state index in [4.69, 9.17) is 0 Å². The van der Waals surface area contributed by atoms with Crippen molar-refractivity contribution in [3.8, 4) is 0 Å². The monoisotopic (exact) mass is 421 g/mol.